The lowest BCUT2D eigenvalue weighted by Crippen LogP contribution is -2.38. The van der Waals surface area contributed by atoms with E-state index < -0.39 is 43.4 Å². The normalized spacial score (nSPS) is 21.3. The van der Waals surface area contributed by atoms with E-state index in [-0.39, 0.29) is 12.6 Å². The van der Waals surface area contributed by atoms with Crippen LogP contribution in [0.3, 0.4) is 0 Å². The Morgan fingerprint density at radius 2 is 1.52 bits per heavy atom. The van der Waals surface area contributed by atoms with Crippen LogP contribution in [0.4, 0.5) is 4.79 Å². The number of aromatic nitrogens is 2. The lowest BCUT2D eigenvalue weighted by atomic mass is 9.94. The molecule has 2 amide bonds. The Morgan fingerprint density at radius 3 is 2.07 bits per heavy atom. The fourth-order valence-electron chi connectivity index (χ4n) is 5.59. The number of aromatic amines is 1. The number of carbonyl (C=O) groups excluding carboxylic acids is 1. The number of urea groups is 1. The SMILES string of the molecule is CCCCCCCCCCCCCCCNC(=O)NCCC[C@H]1C(OP(=O)(O)OC)[C@@H](COC)O[C@H]1n1ccc(=O)[nH]c1=O. The predicted octanol–water partition coefficient (Wildman–Crippen LogP) is 5.00. The van der Waals surface area contributed by atoms with Crippen LogP contribution in [0.5, 0.6) is 0 Å². The Bertz CT molecular complexity index is 1100. The number of methoxy groups -OCH3 is 1. The summed E-state index contributed by atoms with van der Waals surface area (Å²) < 4.78 is 34.9. The molecule has 2 unspecified atom stereocenters. The number of hydrogen-bond donors (Lipinski definition) is 4. The van der Waals surface area contributed by atoms with Crippen molar-refractivity contribution in [1.82, 2.24) is 20.2 Å². The van der Waals surface area contributed by atoms with Gasteiger partial charge in [0.15, 0.2) is 0 Å². The number of unbranched alkanes of at least 4 members (excludes halogenated alkanes) is 12. The largest absolute Gasteiger partial charge is 0.472 e. The van der Waals surface area contributed by atoms with Crippen molar-refractivity contribution >= 4 is 13.9 Å². The van der Waals surface area contributed by atoms with Crippen molar-refractivity contribution in [2.45, 2.75) is 122 Å². The first-order valence-corrected chi connectivity index (χ1v) is 17.8. The molecule has 4 N–H and O–H groups in total. The molecule has 0 aromatic carbocycles. The third-order valence-electron chi connectivity index (χ3n) is 7.98. The minimum Gasteiger partial charge on any atom is -0.382 e. The molecule has 14 heteroatoms. The molecule has 44 heavy (non-hydrogen) atoms. The van der Waals surface area contributed by atoms with Crippen LogP contribution in [0.2, 0.25) is 0 Å². The quantitative estimate of drug-likeness (QED) is 0.0892. The number of phosphoric acid groups is 1. The average molecular weight is 647 g/mol. The molecule has 0 bridgehead atoms. The molecule has 1 aliphatic rings. The predicted molar refractivity (Wildman–Crippen MR) is 169 cm³/mol. The second-order valence-electron chi connectivity index (χ2n) is 11.5. The standard InChI is InChI=1S/C30H55N4O9P/c1-4-5-6-7-8-9-10-11-12-13-14-15-16-20-31-29(36)32-21-17-18-24-27(43-44(38,39)41-3)25(23-40-2)42-28(24)34-22-19-26(35)33-30(34)37/h19,22,24-25,27-28H,4-18,20-21,23H2,1-3H3,(H,38,39)(H2,31,32,36)(H,33,35,37)/t24-,25+,27?,28+/m0/s1. The van der Waals surface area contributed by atoms with E-state index in [1.165, 1.54) is 94.6 Å². The Kier molecular flexibility index (Phi) is 18.8. The molecule has 13 nitrogen and oxygen atoms in total. The van der Waals surface area contributed by atoms with Crippen LogP contribution in [0, 0.1) is 5.92 Å². The highest BCUT2D eigenvalue weighted by molar-refractivity contribution is 7.47. The fraction of sp³-hybridized carbons (Fsp3) is 0.833. The second-order valence-corrected chi connectivity index (χ2v) is 13.0. The molecular weight excluding hydrogens is 591 g/mol. The maximum atomic E-state index is 12.5. The van der Waals surface area contributed by atoms with Gasteiger partial charge in [-0.2, -0.15) is 0 Å². The molecule has 2 heterocycles. The molecule has 1 aromatic rings. The van der Waals surface area contributed by atoms with Crippen molar-refractivity contribution in [3.63, 3.8) is 0 Å². The summed E-state index contributed by atoms with van der Waals surface area (Å²) >= 11 is 0. The van der Waals surface area contributed by atoms with Crippen molar-refractivity contribution in [2.24, 2.45) is 5.92 Å². The Hall–Kier alpha value is -2.02. The zero-order chi connectivity index (χ0) is 32.2. The van der Waals surface area contributed by atoms with Crippen LogP contribution in [0.25, 0.3) is 0 Å². The van der Waals surface area contributed by atoms with Gasteiger partial charge in [0.1, 0.15) is 18.4 Å². The van der Waals surface area contributed by atoms with Crippen LogP contribution < -0.4 is 21.9 Å². The molecule has 1 saturated heterocycles. The highest BCUT2D eigenvalue weighted by Crippen LogP contribution is 2.50. The van der Waals surface area contributed by atoms with Gasteiger partial charge < -0.3 is 25.0 Å². The first kappa shape index (κ1) is 38.2. The highest BCUT2D eigenvalue weighted by atomic mass is 31.2. The second kappa shape index (κ2) is 21.7. The summed E-state index contributed by atoms with van der Waals surface area (Å²) in [6.45, 7) is 3.21. The van der Waals surface area contributed by atoms with Crippen molar-refractivity contribution in [2.75, 3.05) is 33.9 Å². The van der Waals surface area contributed by atoms with Crippen molar-refractivity contribution in [1.29, 1.82) is 0 Å². The number of phosphoric ester groups is 1. The molecule has 0 spiro atoms. The van der Waals surface area contributed by atoms with Crippen molar-refractivity contribution < 1.29 is 32.8 Å². The number of nitrogens with zero attached hydrogens (tertiary/aromatic N) is 1. The molecule has 0 saturated carbocycles. The third-order valence-corrected chi connectivity index (χ3v) is 8.95. The Labute approximate surface area is 261 Å². The van der Waals surface area contributed by atoms with E-state index in [0.717, 1.165) is 20.0 Å². The van der Waals surface area contributed by atoms with Gasteiger partial charge in [0.2, 0.25) is 0 Å². The summed E-state index contributed by atoms with van der Waals surface area (Å²) in [6.07, 6.45) is 16.0. The van der Waals surface area contributed by atoms with E-state index in [0.29, 0.717) is 25.9 Å². The van der Waals surface area contributed by atoms with E-state index in [1.807, 2.05) is 0 Å². The number of amides is 2. The molecule has 2 rings (SSSR count). The number of hydrogen-bond acceptors (Lipinski definition) is 8. The van der Waals surface area contributed by atoms with E-state index in [2.05, 4.69) is 27.1 Å². The van der Waals surface area contributed by atoms with Crippen LogP contribution in [0.1, 0.15) is 109 Å². The number of rotatable bonds is 24. The molecule has 5 atom stereocenters. The summed E-state index contributed by atoms with van der Waals surface area (Å²) in [5, 5.41) is 5.72. The molecular formula is C30H55N4O9P. The van der Waals surface area contributed by atoms with Gasteiger partial charge in [-0.1, -0.05) is 84.0 Å². The third kappa shape index (κ3) is 14.4. The first-order valence-electron chi connectivity index (χ1n) is 16.3. The monoisotopic (exact) mass is 646 g/mol. The van der Waals surface area contributed by atoms with E-state index in [4.69, 9.17) is 14.0 Å². The van der Waals surface area contributed by atoms with Gasteiger partial charge in [-0.25, -0.2) is 14.2 Å². The molecule has 0 aliphatic carbocycles. The molecule has 1 fully saturated rings. The Morgan fingerprint density at radius 1 is 0.955 bits per heavy atom. The van der Waals surface area contributed by atoms with E-state index in [9.17, 15) is 23.8 Å². The number of carbonyl (C=O) groups is 1. The van der Waals surface area contributed by atoms with Gasteiger partial charge in [0, 0.05) is 45.5 Å². The molecule has 1 aliphatic heterocycles. The zero-order valence-electron chi connectivity index (χ0n) is 26.8. The average Bonchev–Trinajstić information content (AvgIpc) is 3.31. The minimum atomic E-state index is -4.41. The number of H-pyrrole nitrogens is 1. The van der Waals surface area contributed by atoms with Crippen molar-refractivity contribution in [3.8, 4) is 0 Å². The maximum Gasteiger partial charge on any atom is 0.472 e. The van der Waals surface area contributed by atoms with Gasteiger partial charge >= 0.3 is 19.5 Å². The summed E-state index contributed by atoms with van der Waals surface area (Å²) in [7, 11) is -1.90. The zero-order valence-corrected chi connectivity index (χ0v) is 27.7. The Balaban J connectivity index is 1.73. The van der Waals surface area contributed by atoms with Crippen LogP contribution in [-0.4, -0.2) is 66.6 Å². The van der Waals surface area contributed by atoms with Gasteiger partial charge in [-0.05, 0) is 19.3 Å². The molecule has 1 aromatic heterocycles. The lowest BCUT2D eigenvalue weighted by molar-refractivity contribution is -0.0563. The van der Waals surface area contributed by atoms with E-state index in [1.54, 1.807) is 0 Å². The molecule has 254 valence electrons. The van der Waals surface area contributed by atoms with Gasteiger partial charge in [0.25, 0.3) is 5.56 Å². The smallest absolute Gasteiger partial charge is 0.382 e. The van der Waals surface area contributed by atoms with Gasteiger partial charge in [-0.3, -0.25) is 23.4 Å². The lowest BCUT2D eigenvalue weighted by Gasteiger charge is -2.26. The summed E-state index contributed by atoms with van der Waals surface area (Å²) in [6, 6.07) is 0.931. The minimum absolute atomic E-state index is 0.0271. The number of nitrogens with one attached hydrogen (secondary N) is 3. The van der Waals surface area contributed by atoms with Crippen molar-refractivity contribution in [3.05, 3.63) is 33.1 Å². The summed E-state index contributed by atoms with van der Waals surface area (Å²) in [4.78, 5) is 48.7. The van der Waals surface area contributed by atoms with Crippen LogP contribution in [-0.2, 0) is 23.1 Å². The topological polar surface area (TPSA) is 170 Å². The van der Waals surface area contributed by atoms with Crippen LogP contribution >= 0.6 is 7.82 Å². The first-order chi connectivity index (χ1) is 21.2. The summed E-state index contributed by atoms with van der Waals surface area (Å²) in [5.41, 5.74) is -1.25. The summed E-state index contributed by atoms with van der Waals surface area (Å²) in [5.74, 6) is -0.593. The highest BCUT2D eigenvalue weighted by Gasteiger charge is 2.49. The fourth-order valence-corrected chi connectivity index (χ4v) is 6.28. The van der Waals surface area contributed by atoms with E-state index >= 15 is 0 Å². The van der Waals surface area contributed by atoms with Gasteiger partial charge in [-0.15, -0.1) is 0 Å². The van der Waals surface area contributed by atoms with Gasteiger partial charge in [0.05, 0.1) is 6.61 Å². The van der Waals surface area contributed by atoms with Crippen LogP contribution in [0.15, 0.2) is 21.9 Å². The molecule has 0 radical (unpaired) electrons. The maximum absolute atomic E-state index is 12.5. The number of ether oxygens (including phenoxy) is 2.